The van der Waals surface area contributed by atoms with Crippen molar-refractivity contribution in [1.82, 2.24) is 0 Å². The molecule has 0 spiro atoms. The summed E-state index contributed by atoms with van der Waals surface area (Å²) in [6, 6.07) is 0. The Morgan fingerprint density at radius 1 is 1.73 bits per heavy atom. The minimum Gasteiger partial charge on any atom is -0.300 e. The maximum absolute atomic E-state index is 10.7. The van der Waals surface area contributed by atoms with Gasteiger partial charge in [-0.2, -0.15) is 0 Å². The Hall–Kier alpha value is -0.550. The molecule has 2 atom stereocenters. The van der Waals surface area contributed by atoms with Gasteiger partial charge < -0.3 is 5.41 Å². The van der Waals surface area contributed by atoms with Gasteiger partial charge in [0.15, 0.2) is 0 Å². The van der Waals surface area contributed by atoms with Gasteiger partial charge in [0.25, 0.3) is 5.12 Å². The van der Waals surface area contributed by atoms with E-state index in [4.69, 9.17) is 9.96 Å². The van der Waals surface area contributed by atoms with Crippen molar-refractivity contribution < 1.29 is 13.6 Å². The summed E-state index contributed by atoms with van der Waals surface area (Å²) in [4.78, 5) is 10.7. The molecule has 0 amide bonds. The first-order chi connectivity index (χ1) is 5.00. The maximum atomic E-state index is 10.7. The van der Waals surface area contributed by atoms with Crippen LogP contribution in [0.25, 0.3) is 0 Å². The third-order valence-corrected chi connectivity index (χ3v) is 2.02. The molecular weight excluding hydrogens is 166 g/mol. The van der Waals surface area contributed by atoms with Gasteiger partial charge in [0, 0.05) is 5.92 Å². The second-order valence-corrected chi connectivity index (χ2v) is 3.13. The van der Waals surface area contributed by atoms with Gasteiger partial charge in [-0.3, -0.25) is 9.35 Å². The third-order valence-electron chi connectivity index (χ3n) is 1.48. The zero-order valence-corrected chi connectivity index (χ0v) is 7.27. The van der Waals surface area contributed by atoms with Gasteiger partial charge in [-0.15, -0.1) is 0 Å². The lowest BCUT2D eigenvalue weighted by Crippen LogP contribution is -2.23. The Bertz CT molecular complexity index is 202. The van der Waals surface area contributed by atoms with Crippen molar-refractivity contribution in [2.24, 2.45) is 5.92 Å². The zero-order valence-electron chi connectivity index (χ0n) is 6.46. The Morgan fingerprint density at radius 2 is 2.18 bits per heavy atom. The minimum atomic E-state index is -2.53. The lowest BCUT2D eigenvalue weighted by molar-refractivity contribution is -0.106. The van der Waals surface area contributed by atoms with E-state index in [9.17, 15) is 9.00 Å². The van der Waals surface area contributed by atoms with Crippen LogP contribution >= 0.6 is 0 Å². The van der Waals surface area contributed by atoms with E-state index in [0.29, 0.717) is 6.42 Å². The van der Waals surface area contributed by atoms with E-state index in [1.807, 2.05) is 6.92 Å². The summed E-state index contributed by atoms with van der Waals surface area (Å²) in [5.74, 6) is -0.237. The molecule has 0 saturated heterocycles. The standard InChI is InChI=1S/C6H11NO3S/c1-3-4(2)5(7)6(8)11(9)10/h4,7H,3H2,1-2H3,(H,9,10)/t4-/m0/s1. The molecule has 0 aromatic rings. The average Bonchev–Trinajstić information content (AvgIpc) is 2.00. The van der Waals surface area contributed by atoms with Crippen molar-refractivity contribution in [3.63, 3.8) is 0 Å². The van der Waals surface area contributed by atoms with E-state index in [0.717, 1.165) is 0 Å². The van der Waals surface area contributed by atoms with Crippen molar-refractivity contribution in [2.75, 3.05) is 0 Å². The number of carbonyl (C=O) groups excluding carboxylic acids is 1. The van der Waals surface area contributed by atoms with Gasteiger partial charge in [0.05, 0.1) is 5.71 Å². The van der Waals surface area contributed by atoms with Crippen LogP contribution in [-0.4, -0.2) is 19.6 Å². The van der Waals surface area contributed by atoms with E-state index in [1.165, 1.54) is 0 Å². The normalized spacial score (nSPS) is 15.5. The topological polar surface area (TPSA) is 78.2 Å². The van der Waals surface area contributed by atoms with Crippen LogP contribution in [0, 0.1) is 11.3 Å². The summed E-state index contributed by atoms with van der Waals surface area (Å²) in [5, 5.41) is 6.14. The Kier molecular flexibility index (Phi) is 4.14. The average molecular weight is 177 g/mol. The number of hydrogen-bond acceptors (Lipinski definition) is 3. The van der Waals surface area contributed by atoms with Crippen molar-refractivity contribution in [2.45, 2.75) is 20.3 Å². The van der Waals surface area contributed by atoms with Crippen molar-refractivity contribution in [3.05, 3.63) is 0 Å². The molecule has 2 N–H and O–H groups in total. The van der Waals surface area contributed by atoms with Gasteiger partial charge >= 0.3 is 0 Å². The summed E-state index contributed by atoms with van der Waals surface area (Å²) < 4.78 is 18.5. The molecule has 0 heterocycles. The summed E-state index contributed by atoms with van der Waals surface area (Å²) in [7, 11) is 0. The lowest BCUT2D eigenvalue weighted by atomic mass is 10.0. The first kappa shape index (κ1) is 10.4. The second-order valence-electron chi connectivity index (χ2n) is 2.26. The van der Waals surface area contributed by atoms with Gasteiger partial charge in [0.2, 0.25) is 11.1 Å². The monoisotopic (exact) mass is 177 g/mol. The third kappa shape index (κ3) is 2.90. The molecule has 0 saturated carbocycles. The molecule has 4 nitrogen and oxygen atoms in total. The molecule has 0 aliphatic rings. The maximum Gasteiger partial charge on any atom is 0.290 e. The van der Waals surface area contributed by atoms with Crippen LogP contribution in [0.15, 0.2) is 0 Å². The van der Waals surface area contributed by atoms with Gasteiger partial charge in [0.1, 0.15) is 0 Å². The number of nitrogens with one attached hydrogen (secondary N) is 1. The quantitative estimate of drug-likeness (QED) is 0.494. The largest absolute Gasteiger partial charge is 0.300 e. The highest BCUT2D eigenvalue weighted by Gasteiger charge is 2.19. The SMILES string of the molecule is CC[C@H](C)C(=N)C(=O)S(=O)O. The van der Waals surface area contributed by atoms with Gasteiger partial charge in [-0.25, -0.2) is 4.21 Å². The fraction of sp³-hybridized carbons (Fsp3) is 0.667. The van der Waals surface area contributed by atoms with Crippen LogP contribution in [0.5, 0.6) is 0 Å². The lowest BCUT2D eigenvalue weighted by Gasteiger charge is -2.05. The number of rotatable bonds is 3. The summed E-state index contributed by atoms with van der Waals surface area (Å²) >= 11 is -2.53. The van der Waals surface area contributed by atoms with Crippen LogP contribution < -0.4 is 0 Å². The summed E-state index contributed by atoms with van der Waals surface area (Å²) in [6.07, 6.45) is 0.627. The van der Waals surface area contributed by atoms with E-state index in [1.54, 1.807) is 6.92 Å². The van der Waals surface area contributed by atoms with Crippen LogP contribution in [0.1, 0.15) is 20.3 Å². The molecule has 1 unspecified atom stereocenters. The first-order valence-electron chi connectivity index (χ1n) is 3.24. The highest BCUT2D eigenvalue weighted by molar-refractivity contribution is 7.97. The van der Waals surface area contributed by atoms with Crippen LogP contribution in [0.4, 0.5) is 0 Å². The highest BCUT2D eigenvalue weighted by atomic mass is 32.2. The predicted octanol–water partition coefficient (Wildman–Crippen LogP) is 0.801. The van der Waals surface area contributed by atoms with Crippen molar-refractivity contribution >= 4 is 21.9 Å². The minimum absolute atomic E-state index is 0.237. The van der Waals surface area contributed by atoms with Crippen LogP contribution in [-0.2, 0) is 15.9 Å². The van der Waals surface area contributed by atoms with Gasteiger partial charge in [-0.1, -0.05) is 13.8 Å². The number of hydrogen-bond donors (Lipinski definition) is 2. The molecule has 0 aliphatic carbocycles. The fourth-order valence-electron chi connectivity index (χ4n) is 0.499. The first-order valence-corrected chi connectivity index (χ1v) is 4.35. The van der Waals surface area contributed by atoms with E-state index in [2.05, 4.69) is 0 Å². The Morgan fingerprint density at radius 3 is 2.45 bits per heavy atom. The predicted molar refractivity (Wildman–Crippen MR) is 43.0 cm³/mol. The highest BCUT2D eigenvalue weighted by Crippen LogP contribution is 2.03. The van der Waals surface area contributed by atoms with Crippen LogP contribution in [0.2, 0.25) is 0 Å². The zero-order chi connectivity index (χ0) is 9.02. The van der Waals surface area contributed by atoms with Crippen molar-refractivity contribution in [1.29, 1.82) is 5.41 Å². The molecule has 0 radical (unpaired) electrons. The van der Waals surface area contributed by atoms with Gasteiger partial charge in [-0.05, 0) is 6.42 Å². The molecule has 0 rings (SSSR count). The molecule has 0 aromatic carbocycles. The number of carbonyl (C=O) groups is 1. The van der Waals surface area contributed by atoms with E-state index < -0.39 is 16.2 Å². The molecule has 0 bridgehead atoms. The Balaban J connectivity index is 4.26. The van der Waals surface area contributed by atoms with Crippen molar-refractivity contribution in [3.8, 4) is 0 Å². The molecule has 0 aliphatic heterocycles. The van der Waals surface area contributed by atoms with Crippen LogP contribution in [0.3, 0.4) is 0 Å². The molecule has 0 aromatic heterocycles. The summed E-state index contributed by atoms with van der Waals surface area (Å²) in [6.45, 7) is 3.49. The Labute approximate surface area is 67.8 Å². The second kappa shape index (κ2) is 4.35. The van der Waals surface area contributed by atoms with E-state index in [-0.39, 0.29) is 11.6 Å². The fourth-order valence-corrected chi connectivity index (χ4v) is 0.889. The molecular formula is C6H11NO3S. The molecule has 11 heavy (non-hydrogen) atoms. The molecule has 5 heteroatoms. The smallest absolute Gasteiger partial charge is 0.290 e. The van der Waals surface area contributed by atoms with E-state index >= 15 is 0 Å². The molecule has 0 fully saturated rings. The summed E-state index contributed by atoms with van der Waals surface area (Å²) in [5.41, 5.74) is -0.270. The molecule has 64 valence electrons.